The van der Waals surface area contributed by atoms with Crippen LogP contribution in [0.5, 0.6) is 0 Å². The quantitative estimate of drug-likeness (QED) is 0.846. The SMILES string of the molecule is CNCC(C)C(=O)NC(c1ccccc1F)C1CCCC1. The van der Waals surface area contributed by atoms with Crippen LogP contribution in [-0.4, -0.2) is 19.5 Å². The zero-order chi connectivity index (χ0) is 15.2. The molecule has 1 saturated carbocycles. The first kappa shape index (κ1) is 16.0. The van der Waals surface area contributed by atoms with Crippen LogP contribution in [-0.2, 0) is 4.79 Å². The predicted octanol–water partition coefficient (Wildman–Crippen LogP) is 3.03. The molecule has 0 saturated heterocycles. The predicted molar refractivity (Wildman–Crippen MR) is 82.3 cm³/mol. The van der Waals surface area contributed by atoms with Gasteiger partial charge in [0.2, 0.25) is 5.91 Å². The summed E-state index contributed by atoms with van der Waals surface area (Å²) in [6.45, 7) is 2.51. The number of rotatable bonds is 6. The van der Waals surface area contributed by atoms with Crippen molar-refractivity contribution in [3.63, 3.8) is 0 Å². The number of nitrogens with one attached hydrogen (secondary N) is 2. The average molecular weight is 292 g/mol. The van der Waals surface area contributed by atoms with E-state index in [1.54, 1.807) is 12.1 Å². The summed E-state index contributed by atoms with van der Waals surface area (Å²) in [5.74, 6) is -0.0150. The minimum Gasteiger partial charge on any atom is -0.349 e. The second-order valence-electron chi connectivity index (χ2n) is 6.01. The third kappa shape index (κ3) is 4.03. The standard InChI is InChI=1S/C17H25FN2O/c1-12(11-19-2)17(21)20-16(13-7-3-4-8-13)14-9-5-6-10-15(14)18/h5-6,9-10,12-13,16,19H,3-4,7-8,11H2,1-2H3,(H,20,21). The number of hydrogen-bond donors (Lipinski definition) is 2. The molecule has 4 heteroatoms. The Morgan fingerprint density at radius 3 is 2.62 bits per heavy atom. The Bertz CT molecular complexity index is 472. The molecule has 2 atom stereocenters. The van der Waals surface area contributed by atoms with Gasteiger partial charge in [0.1, 0.15) is 5.82 Å². The molecule has 0 radical (unpaired) electrons. The molecule has 21 heavy (non-hydrogen) atoms. The summed E-state index contributed by atoms with van der Waals surface area (Å²) in [7, 11) is 1.83. The van der Waals surface area contributed by atoms with Crippen LogP contribution < -0.4 is 10.6 Å². The molecular weight excluding hydrogens is 267 g/mol. The summed E-state index contributed by atoms with van der Waals surface area (Å²) in [5, 5.41) is 6.09. The topological polar surface area (TPSA) is 41.1 Å². The Hall–Kier alpha value is -1.42. The van der Waals surface area contributed by atoms with Crippen LogP contribution in [0, 0.1) is 17.7 Å². The molecule has 1 fully saturated rings. The van der Waals surface area contributed by atoms with E-state index in [-0.39, 0.29) is 23.7 Å². The first-order chi connectivity index (χ1) is 10.1. The van der Waals surface area contributed by atoms with Gasteiger partial charge < -0.3 is 10.6 Å². The van der Waals surface area contributed by atoms with Crippen molar-refractivity contribution in [1.82, 2.24) is 10.6 Å². The van der Waals surface area contributed by atoms with Gasteiger partial charge in [0.15, 0.2) is 0 Å². The number of carbonyl (C=O) groups excluding carboxylic acids is 1. The lowest BCUT2D eigenvalue weighted by Crippen LogP contribution is -2.39. The van der Waals surface area contributed by atoms with Crippen molar-refractivity contribution in [2.75, 3.05) is 13.6 Å². The van der Waals surface area contributed by atoms with E-state index in [0.29, 0.717) is 18.0 Å². The van der Waals surface area contributed by atoms with Gasteiger partial charge in [-0.1, -0.05) is 38.0 Å². The zero-order valence-electron chi connectivity index (χ0n) is 12.9. The Morgan fingerprint density at radius 1 is 1.33 bits per heavy atom. The Kier molecular flexibility index (Phi) is 5.74. The maximum Gasteiger partial charge on any atom is 0.224 e. The fourth-order valence-corrected chi connectivity index (χ4v) is 3.16. The van der Waals surface area contributed by atoms with E-state index in [2.05, 4.69) is 10.6 Å². The number of halogens is 1. The summed E-state index contributed by atoms with van der Waals surface area (Å²) >= 11 is 0. The van der Waals surface area contributed by atoms with Gasteiger partial charge in [-0.15, -0.1) is 0 Å². The van der Waals surface area contributed by atoms with Crippen LogP contribution in [0.4, 0.5) is 4.39 Å². The summed E-state index contributed by atoms with van der Waals surface area (Å²) in [5.41, 5.74) is 0.620. The van der Waals surface area contributed by atoms with Crippen molar-refractivity contribution in [2.45, 2.75) is 38.6 Å². The van der Waals surface area contributed by atoms with Crippen molar-refractivity contribution in [3.05, 3.63) is 35.6 Å². The molecule has 1 aromatic carbocycles. The molecule has 0 heterocycles. The molecule has 2 rings (SSSR count). The molecule has 0 aliphatic heterocycles. The minimum absolute atomic E-state index is 0.00972. The van der Waals surface area contributed by atoms with Crippen LogP contribution in [0.2, 0.25) is 0 Å². The molecule has 0 bridgehead atoms. The van der Waals surface area contributed by atoms with Gasteiger partial charge in [0.05, 0.1) is 6.04 Å². The van der Waals surface area contributed by atoms with Gasteiger partial charge >= 0.3 is 0 Å². The smallest absolute Gasteiger partial charge is 0.224 e. The first-order valence-corrected chi connectivity index (χ1v) is 7.83. The van der Waals surface area contributed by atoms with E-state index in [9.17, 15) is 9.18 Å². The van der Waals surface area contributed by atoms with Crippen LogP contribution >= 0.6 is 0 Å². The van der Waals surface area contributed by atoms with Gasteiger partial charge in [0.25, 0.3) is 0 Å². The van der Waals surface area contributed by atoms with Crippen molar-refractivity contribution in [3.8, 4) is 0 Å². The largest absolute Gasteiger partial charge is 0.349 e. The van der Waals surface area contributed by atoms with Gasteiger partial charge in [0, 0.05) is 18.0 Å². The molecule has 1 aliphatic rings. The molecular formula is C17H25FN2O. The summed E-state index contributed by atoms with van der Waals surface area (Å²) in [4.78, 5) is 12.3. The molecule has 1 aliphatic carbocycles. The van der Waals surface area contributed by atoms with E-state index in [0.717, 1.165) is 25.7 Å². The monoisotopic (exact) mass is 292 g/mol. The van der Waals surface area contributed by atoms with E-state index in [4.69, 9.17) is 0 Å². The highest BCUT2D eigenvalue weighted by Gasteiger charge is 2.30. The van der Waals surface area contributed by atoms with Crippen LogP contribution in [0.3, 0.4) is 0 Å². The lowest BCUT2D eigenvalue weighted by Gasteiger charge is -2.27. The minimum atomic E-state index is -0.226. The lowest BCUT2D eigenvalue weighted by atomic mass is 9.90. The maximum absolute atomic E-state index is 14.1. The lowest BCUT2D eigenvalue weighted by molar-refractivity contribution is -0.125. The summed E-state index contributed by atoms with van der Waals surface area (Å²) in [6.07, 6.45) is 4.44. The fourth-order valence-electron chi connectivity index (χ4n) is 3.16. The number of amides is 1. The molecule has 1 aromatic rings. The van der Waals surface area contributed by atoms with Crippen LogP contribution in [0.1, 0.15) is 44.2 Å². The number of benzene rings is 1. The van der Waals surface area contributed by atoms with Crippen LogP contribution in [0.15, 0.2) is 24.3 Å². The Morgan fingerprint density at radius 2 is 2.00 bits per heavy atom. The molecule has 116 valence electrons. The zero-order valence-corrected chi connectivity index (χ0v) is 12.9. The Balaban J connectivity index is 2.17. The summed E-state index contributed by atoms with van der Waals surface area (Å²) in [6, 6.07) is 6.59. The molecule has 3 nitrogen and oxygen atoms in total. The third-order valence-corrected chi connectivity index (χ3v) is 4.37. The molecule has 1 amide bonds. The van der Waals surface area contributed by atoms with Gasteiger partial charge in [-0.2, -0.15) is 0 Å². The summed E-state index contributed by atoms with van der Waals surface area (Å²) < 4.78 is 14.1. The third-order valence-electron chi connectivity index (χ3n) is 4.37. The Labute approximate surface area is 126 Å². The van der Waals surface area contributed by atoms with Gasteiger partial charge in [-0.25, -0.2) is 4.39 Å². The second kappa shape index (κ2) is 7.55. The van der Waals surface area contributed by atoms with E-state index < -0.39 is 0 Å². The van der Waals surface area contributed by atoms with Crippen molar-refractivity contribution < 1.29 is 9.18 Å². The van der Waals surface area contributed by atoms with E-state index in [1.807, 2.05) is 20.0 Å². The fraction of sp³-hybridized carbons (Fsp3) is 0.588. The number of hydrogen-bond acceptors (Lipinski definition) is 2. The normalized spacial score (nSPS) is 18.4. The highest BCUT2D eigenvalue weighted by molar-refractivity contribution is 5.79. The van der Waals surface area contributed by atoms with Gasteiger partial charge in [-0.05, 0) is 31.9 Å². The highest BCUT2D eigenvalue weighted by atomic mass is 19.1. The first-order valence-electron chi connectivity index (χ1n) is 7.83. The van der Waals surface area contributed by atoms with Crippen molar-refractivity contribution >= 4 is 5.91 Å². The van der Waals surface area contributed by atoms with Crippen molar-refractivity contribution in [1.29, 1.82) is 0 Å². The second-order valence-corrected chi connectivity index (χ2v) is 6.01. The molecule has 2 N–H and O–H groups in total. The maximum atomic E-state index is 14.1. The van der Waals surface area contributed by atoms with Crippen molar-refractivity contribution in [2.24, 2.45) is 11.8 Å². The average Bonchev–Trinajstić information content (AvgIpc) is 2.99. The van der Waals surface area contributed by atoms with Crippen LogP contribution in [0.25, 0.3) is 0 Å². The van der Waals surface area contributed by atoms with E-state index in [1.165, 1.54) is 6.07 Å². The highest BCUT2D eigenvalue weighted by Crippen LogP contribution is 2.36. The molecule has 2 unspecified atom stereocenters. The molecule has 0 spiro atoms. The van der Waals surface area contributed by atoms with Gasteiger partial charge in [-0.3, -0.25) is 4.79 Å². The van der Waals surface area contributed by atoms with E-state index >= 15 is 0 Å². The number of carbonyl (C=O) groups is 1. The molecule has 0 aromatic heterocycles.